The Bertz CT molecular complexity index is 586. The molecule has 0 N–H and O–H groups in total. The molecule has 0 unspecified atom stereocenters. The van der Waals surface area contributed by atoms with E-state index in [2.05, 4.69) is 36.6 Å². The Morgan fingerprint density at radius 2 is 2.00 bits per heavy atom. The first-order valence-electron chi connectivity index (χ1n) is 5.81. The predicted molar refractivity (Wildman–Crippen MR) is 71.5 cm³/mol. The van der Waals surface area contributed by atoms with E-state index in [9.17, 15) is 4.79 Å². The number of carbonyl (C=O) groups excluding carboxylic acids is 1. The van der Waals surface area contributed by atoms with Crippen molar-refractivity contribution in [2.45, 2.75) is 27.3 Å². The minimum absolute atomic E-state index is 0.755. The maximum atomic E-state index is 11.2. The lowest BCUT2D eigenvalue weighted by Gasteiger charge is -2.04. The van der Waals surface area contributed by atoms with Gasteiger partial charge in [0.05, 0.1) is 5.69 Å². The molecule has 0 aliphatic rings. The van der Waals surface area contributed by atoms with Crippen LogP contribution in [0.1, 0.15) is 29.9 Å². The third kappa shape index (κ3) is 2.03. The number of nitrogens with zero attached hydrogens (tertiary/aromatic N) is 1. The Morgan fingerprint density at radius 3 is 2.65 bits per heavy atom. The van der Waals surface area contributed by atoms with E-state index in [0.717, 1.165) is 35.0 Å². The Morgan fingerprint density at radius 1 is 1.29 bits per heavy atom. The lowest BCUT2D eigenvalue weighted by Crippen LogP contribution is -2.01. The van der Waals surface area contributed by atoms with Gasteiger partial charge >= 0.3 is 0 Å². The number of aromatic nitrogens is 1. The average Bonchev–Trinajstić information content (AvgIpc) is 2.60. The molecule has 0 amide bonds. The number of para-hydroxylation sites is 1. The Hall–Kier alpha value is -1.83. The summed E-state index contributed by atoms with van der Waals surface area (Å²) in [5, 5.41) is 1.16. The van der Waals surface area contributed by atoms with Crippen LogP contribution in [-0.2, 0) is 6.54 Å². The van der Waals surface area contributed by atoms with Gasteiger partial charge in [-0.25, -0.2) is 0 Å². The molecule has 0 radical (unpaired) electrons. The van der Waals surface area contributed by atoms with Gasteiger partial charge in [0.1, 0.15) is 0 Å². The zero-order valence-corrected chi connectivity index (χ0v) is 10.5. The molecule has 1 aromatic carbocycles. The molecule has 2 heteroatoms. The van der Waals surface area contributed by atoms with Crippen molar-refractivity contribution in [1.29, 1.82) is 0 Å². The van der Waals surface area contributed by atoms with E-state index < -0.39 is 0 Å². The molecule has 1 heterocycles. The summed E-state index contributed by atoms with van der Waals surface area (Å²) in [7, 11) is 0. The minimum Gasteiger partial charge on any atom is -0.334 e. The summed E-state index contributed by atoms with van der Waals surface area (Å²) in [5.41, 5.74) is 4.24. The molecule has 2 rings (SSSR count). The molecule has 0 aliphatic carbocycles. The second kappa shape index (κ2) is 4.58. The molecule has 0 saturated carbocycles. The first kappa shape index (κ1) is 11.6. The van der Waals surface area contributed by atoms with Crippen LogP contribution in [0, 0.1) is 6.92 Å². The van der Waals surface area contributed by atoms with Crippen LogP contribution < -0.4 is 0 Å². The first-order chi connectivity index (χ1) is 8.15. The number of rotatable bonds is 3. The Kier molecular flexibility index (Phi) is 3.14. The Balaban J connectivity index is 2.66. The standard InChI is InChI=1S/C15H17NO/c1-11(2)8-9-16-14-7-5-4-6-13(14)12(3)15(16)10-17/h4-8,10H,9H2,1-3H3. The maximum Gasteiger partial charge on any atom is 0.166 e. The molecule has 2 nitrogen and oxygen atoms in total. The van der Waals surface area contributed by atoms with Crippen LogP contribution in [0.3, 0.4) is 0 Å². The van der Waals surface area contributed by atoms with E-state index in [-0.39, 0.29) is 0 Å². The third-order valence-electron chi connectivity index (χ3n) is 3.07. The van der Waals surface area contributed by atoms with E-state index in [1.54, 1.807) is 0 Å². The second-order valence-electron chi connectivity index (χ2n) is 4.54. The molecular weight excluding hydrogens is 210 g/mol. The highest BCUT2D eigenvalue weighted by atomic mass is 16.1. The molecule has 0 fully saturated rings. The molecule has 17 heavy (non-hydrogen) atoms. The summed E-state index contributed by atoms with van der Waals surface area (Å²) in [6.07, 6.45) is 3.09. The number of benzene rings is 1. The fourth-order valence-corrected chi connectivity index (χ4v) is 2.12. The third-order valence-corrected chi connectivity index (χ3v) is 3.07. The number of aryl methyl sites for hydroxylation is 1. The van der Waals surface area contributed by atoms with Crippen molar-refractivity contribution >= 4 is 17.2 Å². The van der Waals surface area contributed by atoms with Crippen molar-refractivity contribution in [2.75, 3.05) is 0 Å². The molecule has 2 aromatic rings. The molecule has 0 spiro atoms. The first-order valence-corrected chi connectivity index (χ1v) is 5.81. The smallest absolute Gasteiger partial charge is 0.166 e. The van der Waals surface area contributed by atoms with Crippen molar-refractivity contribution < 1.29 is 4.79 Å². The summed E-state index contributed by atoms with van der Waals surface area (Å²) in [6.45, 7) is 6.90. The molecule has 0 bridgehead atoms. The van der Waals surface area contributed by atoms with Crippen molar-refractivity contribution in [2.24, 2.45) is 0 Å². The summed E-state index contributed by atoms with van der Waals surface area (Å²) < 4.78 is 2.07. The lowest BCUT2D eigenvalue weighted by molar-refractivity contribution is 0.111. The summed E-state index contributed by atoms with van der Waals surface area (Å²) >= 11 is 0. The highest BCUT2D eigenvalue weighted by Crippen LogP contribution is 2.24. The van der Waals surface area contributed by atoms with Crippen LogP contribution in [0.2, 0.25) is 0 Å². The molecular formula is C15H17NO. The van der Waals surface area contributed by atoms with Gasteiger partial charge in [-0.1, -0.05) is 29.8 Å². The minimum atomic E-state index is 0.755. The number of fused-ring (bicyclic) bond motifs is 1. The van der Waals surface area contributed by atoms with Crippen molar-refractivity contribution in [3.05, 3.63) is 47.2 Å². The molecule has 1 aromatic heterocycles. The number of hydrogen-bond donors (Lipinski definition) is 0. The summed E-state index contributed by atoms with van der Waals surface area (Å²) in [4.78, 5) is 11.2. The van der Waals surface area contributed by atoms with E-state index >= 15 is 0 Å². The van der Waals surface area contributed by atoms with Crippen LogP contribution >= 0.6 is 0 Å². The van der Waals surface area contributed by atoms with Gasteiger partial charge in [0, 0.05) is 17.4 Å². The normalized spacial score (nSPS) is 10.5. The van der Waals surface area contributed by atoms with Crippen LogP contribution in [0.15, 0.2) is 35.9 Å². The highest BCUT2D eigenvalue weighted by molar-refractivity contribution is 5.93. The van der Waals surface area contributed by atoms with Gasteiger partial charge in [0.15, 0.2) is 6.29 Å². The topological polar surface area (TPSA) is 22.0 Å². The maximum absolute atomic E-state index is 11.2. The number of aldehydes is 1. The zero-order valence-electron chi connectivity index (χ0n) is 10.5. The highest BCUT2D eigenvalue weighted by Gasteiger charge is 2.11. The number of allylic oxidation sites excluding steroid dienone is 2. The number of hydrogen-bond acceptors (Lipinski definition) is 1. The lowest BCUT2D eigenvalue weighted by atomic mass is 10.2. The van der Waals surface area contributed by atoms with Gasteiger partial charge < -0.3 is 4.57 Å². The largest absolute Gasteiger partial charge is 0.334 e. The van der Waals surface area contributed by atoms with Gasteiger partial charge in [-0.2, -0.15) is 0 Å². The molecule has 88 valence electrons. The predicted octanol–water partition coefficient (Wildman–Crippen LogP) is 3.73. The Labute approximate surface area is 102 Å². The fourth-order valence-electron chi connectivity index (χ4n) is 2.12. The van der Waals surface area contributed by atoms with E-state index in [1.165, 1.54) is 5.57 Å². The monoisotopic (exact) mass is 227 g/mol. The second-order valence-corrected chi connectivity index (χ2v) is 4.54. The average molecular weight is 227 g/mol. The van der Waals surface area contributed by atoms with Crippen LogP contribution in [0.25, 0.3) is 10.9 Å². The van der Waals surface area contributed by atoms with Crippen molar-refractivity contribution in [3.8, 4) is 0 Å². The van der Waals surface area contributed by atoms with Crippen LogP contribution in [-0.4, -0.2) is 10.9 Å². The van der Waals surface area contributed by atoms with E-state index in [0.29, 0.717) is 0 Å². The summed E-state index contributed by atoms with van der Waals surface area (Å²) in [6, 6.07) is 8.15. The van der Waals surface area contributed by atoms with E-state index in [1.807, 2.05) is 19.1 Å². The quantitative estimate of drug-likeness (QED) is 0.578. The molecule has 0 saturated heterocycles. The van der Waals surface area contributed by atoms with Crippen LogP contribution in [0.4, 0.5) is 0 Å². The number of carbonyl (C=O) groups is 1. The van der Waals surface area contributed by atoms with Gasteiger partial charge in [-0.15, -0.1) is 0 Å². The van der Waals surface area contributed by atoms with E-state index in [4.69, 9.17) is 0 Å². The zero-order chi connectivity index (χ0) is 12.4. The van der Waals surface area contributed by atoms with Gasteiger partial charge in [-0.05, 0) is 32.4 Å². The van der Waals surface area contributed by atoms with Gasteiger partial charge in [0.25, 0.3) is 0 Å². The fraction of sp³-hybridized carbons (Fsp3) is 0.267. The molecule has 0 aliphatic heterocycles. The van der Waals surface area contributed by atoms with Crippen LogP contribution in [0.5, 0.6) is 0 Å². The SMILES string of the molecule is CC(C)=CCn1c(C=O)c(C)c2ccccc21. The van der Waals surface area contributed by atoms with Gasteiger partial charge in [0.2, 0.25) is 0 Å². The van der Waals surface area contributed by atoms with Crippen molar-refractivity contribution in [3.63, 3.8) is 0 Å². The van der Waals surface area contributed by atoms with Gasteiger partial charge in [-0.3, -0.25) is 4.79 Å². The summed E-state index contributed by atoms with van der Waals surface area (Å²) in [5.74, 6) is 0. The molecule has 0 atom stereocenters. The van der Waals surface area contributed by atoms with Crippen molar-refractivity contribution in [1.82, 2.24) is 4.57 Å².